The quantitative estimate of drug-likeness (QED) is 0.574. The van der Waals surface area contributed by atoms with Crippen LogP contribution in [0.1, 0.15) is 72.6 Å². The maximum atomic E-state index is 12.3. The molecule has 0 spiro atoms. The molecule has 0 radical (unpaired) electrons. The molecule has 1 aliphatic carbocycles. The monoisotopic (exact) mass is 317 g/mol. The maximum absolute atomic E-state index is 12.3. The van der Waals surface area contributed by atoms with Gasteiger partial charge in [-0.05, 0) is 65.0 Å². The first-order valence-corrected chi connectivity index (χ1v) is 10.4. The predicted octanol–water partition coefficient (Wildman–Crippen LogP) is 3.79. The fourth-order valence-corrected chi connectivity index (χ4v) is 4.41. The van der Waals surface area contributed by atoms with Crippen molar-refractivity contribution in [2.24, 2.45) is 11.8 Å². The van der Waals surface area contributed by atoms with Crippen LogP contribution in [0.2, 0.25) is 0 Å². The normalized spacial score (nSPS) is 24.8. The van der Waals surface area contributed by atoms with Crippen LogP contribution in [0.4, 0.5) is 0 Å². The van der Waals surface area contributed by atoms with Gasteiger partial charge >= 0.3 is 0 Å². The molecule has 4 heteroatoms. The van der Waals surface area contributed by atoms with E-state index >= 15 is 0 Å². The van der Waals surface area contributed by atoms with E-state index in [1.807, 2.05) is 20.8 Å². The summed E-state index contributed by atoms with van der Waals surface area (Å²) in [5, 5.41) is 3.54. The highest BCUT2D eigenvalue weighted by Gasteiger charge is 2.31. The van der Waals surface area contributed by atoms with E-state index < -0.39 is 14.6 Å². The first-order valence-electron chi connectivity index (χ1n) is 8.71. The Balaban J connectivity index is 2.59. The van der Waals surface area contributed by atoms with Gasteiger partial charge in [-0.3, -0.25) is 0 Å². The highest BCUT2D eigenvalue weighted by molar-refractivity contribution is 7.92. The van der Waals surface area contributed by atoms with Crippen LogP contribution in [-0.2, 0) is 9.84 Å². The second-order valence-electron chi connectivity index (χ2n) is 7.58. The number of hydrogen-bond donors (Lipinski definition) is 1. The second kappa shape index (κ2) is 8.52. The lowest BCUT2D eigenvalue weighted by Crippen LogP contribution is -2.33. The van der Waals surface area contributed by atoms with Crippen LogP contribution in [0.15, 0.2) is 0 Å². The molecule has 0 aromatic carbocycles. The van der Waals surface area contributed by atoms with Crippen molar-refractivity contribution in [2.45, 2.75) is 77.4 Å². The Morgan fingerprint density at radius 3 is 2.24 bits per heavy atom. The Morgan fingerprint density at radius 1 is 1.05 bits per heavy atom. The molecular weight excluding hydrogens is 282 g/mol. The van der Waals surface area contributed by atoms with E-state index in [2.05, 4.69) is 12.2 Å². The van der Waals surface area contributed by atoms with Crippen molar-refractivity contribution in [1.29, 1.82) is 0 Å². The van der Waals surface area contributed by atoms with Crippen molar-refractivity contribution >= 4 is 9.84 Å². The van der Waals surface area contributed by atoms with E-state index in [1.165, 1.54) is 32.1 Å². The van der Waals surface area contributed by atoms with Gasteiger partial charge in [-0.2, -0.15) is 0 Å². The summed E-state index contributed by atoms with van der Waals surface area (Å²) in [7, 11) is -2.98. The minimum absolute atomic E-state index is 0.353. The van der Waals surface area contributed by atoms with Crippen molar-refractivity contribution in [3.63, 3.8) is 0 Å². The molecule has 1 saturated carbocycles. The maximum Gasteiger partial charge on any atom is 0.155 e. The predicted molar refractivity (Wildman–Crippen MR) is 91.4 cm³/mol. The molecule has 0 aliphatic heterocycles. The third kappa shape index (κ3) is 6.27. The summed E-state index contributed by atoms with van der Waals surface area (Å²) in [6, 6.07) is 0. The molecule has 0 bridgehead atoms. The van der Waals surface area contributed by atoms with Gasteiger partial charge in [-0.15, -0.1) is 0 Å². The van der Waals surface area contributed by atoms with Crippen molar-refractivity contribution < 1.29 is 8.42 Å². The van der Waals surface area contributed by atoms with Gasteiger partial charge in [0, 0.05) is 0 Å². The van der Waals surface area contributed by atoms with E-state index in [4.69, 9.17) is 0 Å². The van der Waals surface area contributed by atoms with Gasteiger partial charge in [-0.1, -0.05) is 32.6 Å². The molecule has 3 nitrogen and oxygen atoms in total. The summed E-state index contributed by atoms with van der Waals surface area (Å²) in [5.41, 5.74) is 0. The van der Waals surface area contributed by atoms with Crippen LogP contribution in [-0.4, -0.2) is 32.0 Å². The lowest BCUT2D eigenvalue weighted by atomic mass is 9.86. The van der Waals surface area contributed by atoms with Gasteiger partial charge in [0.25, 0.3) is 0 Å². The summed E-state index contributed by atoms with van der Waals surface area (Å²) in [4.78, 5) is 0. The molecule has 1 fully saturated rings. The first-order chi connectivity index (χ1) is 9.78. The number of sulfone groups is 1. The molecule has 1 aliphatic rings. The summed E-state index contributed by atoms with van der Waals surface area (Å²) in [6.45, 7) is 9.77. The molecule has 0 aromatic heterocycles. The average Bonchev–Trinajstić information content (AvgIpc) is 2.61. The lowest BCUT2D eigenvalue weighted by Gasteiger charge is -2.27. The Hall–Kier alpha value is -0.0900. The molecule has 2 unspecified atom stereocenters. The highest BCUT2D eigenvalue weighted by Crippen LogP contribution is 2.32. The molecule has 21 heavy (non-hydrogen) atoms. The molecule has 2 atom stereocenters. The summed E-state index contributed by atoms with van der Waals surface area (Å²) in [5.74, 6) is 1.59. The Labute approximate surface area is 132 Å². The van der Waals surface area contributed by atoms with E-state index in [1.54, 1.807) is 0 Å². The molecule has 1 N–H and O–H groups in total. The van der Waals surface area contributed by atoms with Gasteiger partial charge < -0.3 is 5.32 Å². The van der Waals surface area contributed by atoms with Crippen molar-refractivity contribution in [3.8, 4) is 0 Å². The summed E-state index contributed by atoms with van der Waals surface area (Å²) in [6.07, 6.45) is 8.36. The Kier molecular flexibility index (Phi) is 7.69. The zero-order valence-corrected chi connectivity index (χ0v) is 15.3. The van der Waals surface area contributed by atoms with Crippen molar-refractivity contribution in [2.75, 3.05) is 18.8 Å². The van der Waals surface area contributed by atoms with Crippen molar-refractivity contribution in [1.82, 2.24) is 5.32 Å². The standard InChI is InChI=1S/C17H35NO2S/c1-5-12-18-14-16-10-8-6-7-9-15(16)11-13-21(19,20)17(2,3)4/h15-16,18H,5-14H2,1-4H3. The molecule has 0 amide bonds. The zero-order valence-electron chi connectivity index (χ0n) is 14.5. The fraction of sp³-hybridized carbons (Fsp3) is 1.00. The molecule has 0 heterocycles. The minimum Gasteiger partial charge on any atom is -0.316 e. The molecule has 1 rings (SSSR count). The summed E-state index contributed by atoms with van der Waals surface area (Å²) >= 11 is 0. The summed E-state index contributed by atoms with van der Waals surface area (Å²) < 4.78 is 24.0. The van der Waals surface area contributed by atoms with Gasteiger partial charge in [0.2, 0.25) is 0 Å². The van der Waals surface area contributed by atoms with Crippen LogP contribution >= 0.6 is 0 Å². The van der Waals surface area contributed by atoms with Gasteiger partial charge in [0.15, 0.2) is 9.84 Å². The molecular formula is C17H35NO2S. The van der Waals surface area contributed by atoms with E-state index in [0.29, 0.717) is 17.6 Å². The first kappa shape index (κ1) is 19.0. The van der Waals surface area contributed by atoms with Crippen molar-refractivity contribution in [3.05, 3.63) is 0 Å². The van der Waals surface area contributed by atoms with E-state index in [9.17, 15) is 8.42 Å². The fourth-order valence-electron chi connectivity index (χ4n) is 3.19. The Bertz CT molecular complexity index is 384. The molecule has 0 aromatic rings. The van der Waals surface area contributed by atoms with Gasteiger partial charge in [-0.25, -0.2) is 8.42 Å². The Morgan fingerprint density at radius 2 is 1.67 bits per heavy atom. The average molecular weight is 318 g/mol. The van der Waals surface area contributed by atoms with E-state index in [0.717, 1.165) is 25.9 Å². The SMILES string of the molecule is CCCNCC1CCCCCC1CCS(=O)(=O)C(C)(C)C. The number of hydrogen-bond acceptors (Lipinski definition) is 3. The van der Waals surface area contributed by atoms with Crippen LogP contribution in [0.5, 0.6) is 0 Å². The van der Waals surface area contributed by atoms with E-state index in [-0.39, 0.29) is 0 Å². The van der Waals surface area contributed by atoms with Gasteiger partial charge in [0.1, 0.15) is 0 Å². The number of nitrogens with one attached hydrogen (secondary N) is 1. The van der Waals surface area contributed by atoms with Crippen LogP contribution in [0.25, 0.3) is 0 Å². The van der Waals surface area contributed by atoms with Crippen LogP contribution in [0, 0.1) is 11.8 Å². The highest BCUT2D eigenvalue weighted by atomic mass is 32.2. The zero-order chi connectivity index (χ0) is 15.9. The second-order valence-corrected chi connectivity index (χ2v) is 10.4. The third-order valence-electron chi connectivity index (χ3n) is 4.84. The van der Waals surface area contributed by atoms with Gasteiger partial charge in [0.05, 0.1) is 10.5 Å². The number of rotatable bonds is 7. The molecule has 126 valence electrons. The van der Waals surface area contributed by atoms with Crippen LogP contribution < -0.4 is 5.32 Å². The molecule has 0 saturated heterocycles. The lowest BCUT2D eigenvalue weighted by molar-refractivity contribution is 0.292. The third-order valence-corrected chi connectivity index (χ3v) is 7.48. The smallest absolute Gasteiger partial charge is 0.155 e. The minimum atomic E-state index is -2.98. The topological polar surface area (TPSA) is 46.2 Å². The largest absolute Gasteiger partial charge is 0.316 e. The van der Waals surface area contributed by atoms with Crippen LogP contribution in [0.3, 0.4) is 0 Å².